The number of halogens is 1. The molecule has 1 saturated heterocycles. The van der Waals surface area contributed by atoms with Gasteiger partial charge in [0.25, 0.3) is 0 Å². The zero-order valence-corrected chi connectivity index (χ0v) is 16.3. The summed E-state index contributed by atoms with van der Waals surface area (Å²) in [5.74, 6) is 0.634. The van der Waals surface area contributed by atoms with Gasteiger partial charge in [0.05, 0.1) is 31.2 Å². The number of methoxy groups -OCH3 is 1. The highest BCUT2D eigenvalue weighted by atomic mass is 32.2. The van der Waals surface area contributed by atoms with Crippen molar-refractivity contribution in [3.8, 4) is 5.75 Å². The van der Waals surface area contributed by atoms with E-state index in [9.17, 15) is 12.8 Å². The lowest BCUT2D eigenvalue weighted by atomic mass is 10.2. The topological polar surface area (TPSA) is 59.0 Å². The molecule has 0 spiro atoms. The second-order valence-corrected chi connectivity index (χ2v) is 9.95. The van der Waals surface area contributed by atoms with Gasteiger partial charge in [0.2, 0.25) is 0 Å². The molecule has 2 aliphatic heterocycles. The van der Waals surface area contributed by atoms with Crippen LogP contribution in [-0.2, 0) is 16.4 Å². The number of anilines is 1. The van der Waals surface area contributed by atoms with E-state index in [1.807, 2.05) is 29.2 Å². The van der Waals surface area contributed by atoms with Crippen molar-refractivity contribution in [3.05, 3.63) is 59.9 Å². The number of thioether (sulfide) groups is 1. The fraction of sp³-hybridized carbons (Fsp3) is 0.316. The average Bonchev–Trinajstić information content (AvgIpc) is 3.14. The molecule has 2 heterocycles. The van der Waals surface area contributed by atoms with Gasteiger partial charge in [-0.1, -0.05) is 36.0 Å². The molecule has 2 aromatic carbocycles. The number of aliphatic imine (C=N–C) groups is 1. The lowest BCUT2D eigenvalue weighted by Crippen LogP contribution is -2.28. The van der Waals surface area contributed by atoms with Gasteiger partial charge in [-0.3, -0.25) is 4.99 Å². The minimum Gasteiger partial charge on any atom is -0.497 e. The third kappa shape index (κ3) is 3.82. The molecule has 2 aromatic rings. The first-order chi connectivity index (χ1) is 12.9. The molecule has 2 atom stereocenters. The van der Waals surface area contributed by atoms with Crippen molar-refractivity contribution in [2.45, 2.75) is 17.8 Å². The molecule has 0 aliphatic carbocycles. The smallest absolute Gasteiger partial charge is 0.164 e. The van der Waals surface area contributed by atoms with Crippen LogP contribution in [0, 0.1) is 5.82 Å². The van der Waals surface area contributed by atoms with Crippen LogP contribution >= 0.6 is 11.8 Å². The van der Waals surface area contributed by atoms with Crippen LogP contribution in [0.3, 0.4) is 0 Å². The number of fused-ring (bicyclic) bond motifs is 1. The molecule has 0 N–H and O–H groups in total. The van der Waals surface area contributed by atoms with Gasteiger partial charge >= 0.3 is 0 Å². The van der Waals surface area contributed by atoms with Crippen LogP contribution in [0.4, 0.5) is 10.1 Å². The maximum Gasteiger partial charge on any atom is 0.164 e. The second-order valence-electron chi connectivity index (χ2n) is 6.59. The first-order valence-corrected chi connectivity index (χ1v) is 11.3. The molecule has 2 aliphatic rings. The van der Waals surface area contributed by atoms with Crippen LogP contribution in [0.2, 0.25) is 0 Å². The number of rotatable bonds is 4. The van der Waals surface area contributed by atoms with Crippen LogP contribution in [0.5, 0.6) is 5.75 Å². The Balaban J connectivity index is 1.69. The summed E-state index contributed by atoms with van der Waals surface area (Å²) < 4.78 is 43.3. The summed E-state index contributed by atoms with van der Waals surface area (Å²) >= 11 is 1.46. The van der Waals surface area contributed by atoms with E-state index in [1.165, 1.54) is 17.8 Å². The molecule has 142 valence electrons. The Labute approximate surface area is 162 Å². The minimum atomic E-state index is -3.02. The van der Waals surface area contributed by atoms with Crippen molar-refractivity contribution in [2.24, 2.45) is 4.99 Å². The summed E-state index contributed by atoms with van der Waals surface area (Å²) in [5.41, 5.74) is 1.37. The van der Waals surface area contributed by atoms with Crippen LogP contribution in [0.25, 0.3) is 0 Å². The Kier molecular flexibility index (Phi) is 4.86. The third-order valence-corrected chi connectivity index (χ3v) is 7.93. The highest BCUT2D eigenvalue weighted by Crippen LogP contribution is 2.38. The van der Waals surface area contributed by atoms with Crippen LogP contribution < -0.4 is 9.64 Å². The van der Waals surface area contributed by atoms with Gasteiger partial charge in [0, 0.05) is 22.6 Å². The summed E-state index contributed by atoms with van der Waals surface area (Å²) in [4.78, 5) is 6.59. The third-order valence-electron chi connectivity index (χ3n) is 4.69. The van der Waals surface area contributed by atoms with Gasteiger partial charge in [-0.2, -0.15) is 0 Å². The zero-order chi connectivity index (χ0) is 19.0. The molecule has 0 saturated carbocycles. The van der Waals surface area contributed by atoms with Crippen molar-refractivity contribution in [1.82, 2.24) is 0 Å². The molecule has 4 rings (SSSR count). The number of hydrogen-bond acceptors (Lipinski definition) is 6. The molecule has 8 heteroatoms. The number of ether oxygens (including phenoxy) is 1. The lowest BCUT2D eigenvalue weighted by Gasteiger charge is -2.25. The summed E-state index contributed by atoms with van der Waals surface area (Å²) in [5, 5.41) is 0.648. The highest BCUT2D eigenvalue weighted by molar-refractivity contribution is 8.15. The van der Waals surface area contributed by atoms with Gasteiger partial charge in [-0.05, 0) is 18.2 Å². The van der Waals surface area contributed by atoms with Crippen LogP contribution in [-0.4, -0.2) is 43.5 Å². The normalized spacial score (nSPS) is 23.0. The van der Waals surface area contributed by atoms with E-state index < -0.39 is 9.84 Å². The molecule has 5 nitrogen and oxygen atoms in total. The fourth-order valence-corrected chi connectivity index (χ4v) is 7.10. The molecule has 1 fully saturated rings. The maximum atomic E-state index is 14.3. The Morgan fingerprint density at radius 3 is 2.78 bits per heavy atom. The van der Waals surface area contributed by atoms with Gasteiger partial charge in [0.1, 0.15) is 11.6 Å². The Bertz CT molecular complexity index is 994. The van der Waals surface area contributed by atoms with Gasteiger partial charge in [-0.15, -0.1) is 0 Å². The predicted molar refractivity (Wildman–Crippen MR) is 107 cm³/mol. The molecule has 0 aromatic heterocycles. The number of amidine groups is 1. The second kappa shape index (κ2) is 7.16. The number of sulfone groups is 1. The first kappa shape index (κ1) is 18.3. The van der Waals surface area contributed by atoms with Crippen LogP contribution in [0.15, 0.2) is 53.5 Å². The van der Waals surface area contributed by atoms with Gasteiger partial charge in [0.15, 0.2) is 15.0 Å². The van der Waals surface area contributed by atoms with Gasteiger partial charge < -0.3 is 9.64 Å². The van der Waals surface area contributed by atoms with E-state index in [2.05, 4.69) is 4.99 Å². The predicted octanol–water partition coefficient (Wildman–Crippen LogP) is 3.11. The maximum absolute atomic E-state index is 14.3. The Hall–Kier alpha value is -2.06. The largest absolute Gasteiger partial charge is 0.497 e. The number of hydrogen-bond donors (Lipinski definition) is 0. The van der Waals surface area contributed by atoms with Crippen molar-refractivity contribution in [3.63, 3.8) is 0 Å². The standard InChI is InChI=1S/C19H19FN2O3S2/c1-25-15-7-4-6-14(9-15)22(10-13-5-2-3-8-16(13)20)19-21-17-11-27(23,24)12-18(17)26-19/h2-9,17-18H,10-12H2,1H3/t17-,18-/m0/s1. The van der Waals surface area contributed by atoms with E-state index in [0.29, 0.717) is 17.9 Å². The van der Waals surface area contributed by atoms with E-state index in [1.54, 1.807) is 25.3 Å². The van der Waals surface area contributed by atoms with Crippen LogP contribution in [0.1, 0.15) is 5.56 Å². The van der Waals surface area contributed by atoms with Crippen molar-refractivity contribution < 1.29 is 17.5 Å². The van der Waals surface area contributed by atoms with E-state index in [0.717, 1.165) is 10.9 Å². The molecule has 0 bridgehead atoms. The first-order valence-electron chi connectivity index (χ1n) is 8.55. The summed E-state index contributed by atoms with van der Waals surface area (Å²) in [7, 11) is -1.43. The lowest BCUT2D eigenvalue weighted by molar-refractivity contribution is 0.415. The fourth-order valence-electron chi connectivity index (χ4n) is 3.32. The summed E-state index contributed by atoms with van der Waals surface area (Å²) in [6, 6.07) is 13.9. The summed E-state index contributed by atoms with van der Waals surface area (Å²) in [6.45, 7) is 0.303. The molecule has 0 unspecified atom stereocenters. The highest BCUT2D eigenvalue weighted by Gasteiger charge is 2.44. The molecular weight excluding hydrogens is 387 g/mol. The SMILES string of the molecule is COc1cccc(N(Cc2ccccc2F)C2=N[C@H]3CS(=O)(=O)C[C@@H]3S2)c1. The van der Waals surface area contributed by atoms with E-state index in [4.69, 9.17) is 4.74 Å². The quantitative estimate of drug-likeness (QED) is 0.781. The minimum absolute atomic E-state index is 0.0706. The molecule has 0 radical (unpaired) electrons. The van der Waals surface area contributed by atoms with E-state index in [-0.39, 0.29) is 28.6 Å². The number of nitrogens with zero attached hydrogens (tertiary/aromatic N) is 2. The Morgan fingerprint density at radius 1 is 1.22 bits per heavy atom. The summed E-state index contributed by atoms with van der Waals surface area (Å²) in [6.07, 6.45) is 0. The molecule has 27 heavy (non-hydrogen) atoms. The van der Waals surface area contributed by atoms with Crippen molar-refractivity contribution in [1.29, 1.82) is 0 Å². The van der Waals surface area contributed by atoms with Crippen molar-refractivity contribution >= 4 is 32.5 Å². The Morgan fingerprint density at radius 2 is 2.04 bits per heavy atom. The molecular formula is C19H19FN2O3S2. The zero-order valence-electron chi connectivity index (χ0n) is 14.7. The van der Waals surface area contributed by atoms with Gasteiger partial charge in [-0.25, -0.2) is 12.8 Å². The van der Waals surface area contributed by atoms with Crippen molar-refractivity contribution in [2.75, 3.05) is 23.5 Å². The molecule has 0 amide bonds. The number of benzene rings is 2. The average molecular weight is 407 g/mol. The van der Waals surface area contributed by atoms with E-state index >= 15 is 0 Å². The monoisotopic (exact) mass is 406 g/mol.